The molecule has 0 spiro atoms. The molecule has 0 aliphatic rings. The number of aromatic nitrogens is 3. The van der Waals surface area contributed by atoms with Crippen molar-refractivity contribution in [3.8, 4) is 5.69 Å². The van der Waals surface area contributed by atoms with E-state index in [2.05, 4.69) is 34.3 Å². The van der Waals surface area contributed by atoms with E-state index >= 15 is 0 Å². The van der Waals surface area contributed by atoms with Crippen molar-refractivity contribution in [3.63, 3.8) is 0 Å². The number of halogens is 2. The molecule has 1 aromatic heterocycles. The Kier molecular flexibility index (Phi) is 7.40. The summed E-state index contributed by atoms with van der Waals surface area (Å²) in [5.41, 5.74) is 1.06. The van der Waals surface area contributed by atoms with E-state index in [-0.39, 0.29) is 0 Å². The van der Waals surface area contributed by atoms with Crippen LogP contribution in [0.1, 0.15) is 0 Å². The van der Waals surface area contributed by atoms with Crippen molar-refractivity contribution in [2.45, 2.75) is 0 Å². The quantitative estimate of drug-likeness (QED) is 0.354. The van der Waals surface area contributed by atoms with Crippen molar-refractivity contribution in [2.24, 2.45) is 0 Å². The molecule has 0 saturated heterocycles. The summed E-state index contributed by atoms with van der Waals surface area (Å²) in [6, 6.07) is 22.5. The van der Waals surface area contributed by atoms with Gasteiger partial charge in [-0.05, 0) is 5.69 Å². The first-order chi connectivity index (χ1) is 10.8. The van der Waals surface area contributed by atoms with E-state index < -0.39 is 17.0 Å². The van der Waals surface area contributed by atoms with Gasteiger partial charge in [-0.25, -0.2) is 21.8 Å². The molecule has 1 heterocycles. The maximum atomic E-state index is 4.89. The Labute approximate surface area is 145 Å². The zero-order chi connectivity index (χ0) is 15.6. The molecule has 3 aromatic carbocycles. The first-order valence-corrected chi connectivity index (χ1v) is 10.8. The van der Waals surface area contributed by atoms with E-state index in [0.717, 1.165) is 5.69 Å². The van der Waals surface area contributed by atoms with Gasteiger partial charge in [0.15, 0.2) is 0 Å². The smallest absolute Gasteiger partial charge is 0.138 e. The van der Waals surface area contributed by atoms with Gasteiger partial charge in [0, 0.05) is 0 Å². The number of fused-ring (bicyclic) bond motifs is 1. The summed E-state index contributed by atoms with van der Waals surface area (Å²) in [6.45, 7) is 0. The summed E-state index contributed by atoms with van der Waals surface area (Å²) < 4.78 is 1.76. The van der Waals surface area contributed by atoms with E-state index in [4.69, 9.17) is 18.6 Å². The third-order valence-electron chi connectivity index (χ3n) is 2.84. The summed E-state index contributed by atoms with van der Waals surface area (Å²) in [5.74, 6) is 0. The largest absolute Gasteiger partial charge is 0.240 e. The summed E-state index contributed by atoms with van der Waals surface area (Å²) in [7, 11) is 9.78. The number of rotatable bonds is 1. The molecule has 0 atom stereocenters. The van der Waals surface area contributed by atoms with Crippen molar-refractivity contribution in [3.05, 3.63) is 79.4 Å². The van der Waals surface area contributed by atoms with Crippen LogP contribution in [0.5, 0.6) is 0 Å². The molecular weight excluding hydrogens is 353 g/mol. The standard InChI is InChI=1S/C11H8N3.C5H5.2ClH.Ti/c1-2-4-10-6-11(5-9(10)3-1)14-8-12-7-13-14;1-2-4-5-3-1;;;/h1-8H;1-5H;2*1H;/q2*-1;;;+2/p-2. The number of hydrogen-bond acceptors (Lipinski definition) is 2. The van der Waals surface area contributed by atoms with Crippen LogP contribution in [0.2, 0.25) is 0 Å². The van der Waals surface area contributed by atoms with Gasteiger partial charge >= 0.3 is 35.6 Å². The number of nitrogens with zero attached hydrogens (tertiary/aromatic N) is 3. The van der Waals surface area contributed by atoms with Crippen molar-refractivity contribution in [2.75, 3.05) is 0 Å². The molecule has 0 fully saturated rings. The average Bonchev–Trinajstić information content (AvgIpc) is 3.29. The Hall–Kier alpha value is -1.39. The predicted octanol–water partition coefficient (Wildman–Crippen LogP) is 4.92. The first-order valence-electron chi connectivity index (χ1n) is 6.48. The minimum absolute atomic E-state index is 0.556. The van der Waals surface area contributed by atoms with Gasteiger partial charge < -0.3 is 0 Å². The monoisotopic (exact) mass is 365 g/mol. The van der Waals surface area contributed by atoms with Crippen molar-refractivity contribution < 1.29 is 17.0 Å². The molecule has 3 nitrogen and oxygen atoms in total. The van der Waals surface area contributed by atoms with Gasteiger partial charge in [0.05, 0.1) is 0 Å². The van der Waals surface area contributed by atoms with Gasteiger partial charge in [0.2, 0.25) is 0 Å². The molecule has 0 aliphatic carbocycles. The first kappa shape index (κ1) is 17.0. The fraction of sp³-hybridized carbons (Fsp3) is 0. The van der Waals surface area contributed by atoms with Crippen LogP contribution in [-0.4, -0.2) is 14.8 Å². The maximum Gasteiger partial charge on any atom is 0.138 e. The van der Waals surface area contributed by atoms with E-state index in [1.54, 1.807) is 11.0 Å². The molecule has 0 saturated carbocycles. The Morgan fingerprint density at radius 1 is 1.05 bits per heavy atom. The van der Waals surface area contributed by atoms with Crippen LogP contribution < -0.4 is 0 Å². The minimum atomic E-state index is -0.556. The van der Waals surface area contributed by atoms with E-state index in [9.17, 15) is 0 Å². The molecule has 0 N–H and O–H groups in total. The Morgan fingerprint density at radius 2 is 1.77 bits per heavy atom. The van der Waals surface area contributed by atoms with Crippen LogP contribution in [0.3, 0.4) is 0 Å². The van der Waals surface area contributed by atoms with Crippen LogP contribution in [0.4, 0.5) is 0 Å². The number of hydrogen-bond donors (Lipinski definition) is 0. The van der Waals surface area contributed by atoms with Gasteiger partial charge in [0.1, 0.15) is 12.7 Å². The molecule has 6 heteroatoms. The van der Waals surface area contributed by atoms with Crippen LogP contribution in [0.15, 0.2) is 79.4 Å². The molecule has 0 aliphatic heterocycles. The van der Waals surface area contributed by atoms with Gasteiger partial charge in [-0.15, -0.1) is 41.1 Å². The van der Waals surface area contributed by atoms with Gasteiger partial charge in [-0.1, -0.05) is 6.07 Å². The van der Waals surface area contributed by atoms with Gasteiger partial charge in [0.25, 0.3) is 0 Å². The molecule has 0 unspecified atom stereocenters. The fourth-order valence-corrected chi connectivity index (χ4v) is 1.93. The average molecular weight is 366 g/mol. The molecular formula is C16H13Cl2N3Ti-2. The summed E-state index contributed by atoms with van der Waals surface area (Å²) in [5, 5.41) is 6.56. The van der Waals surface area contributed by atoms with Gasteiger partial charge in [-0.2, -0.15) is 23.3 Å². The van der Waals surface area contributed by atoms with E-state index in [1.165, 1.54) is 17.1 Å². The molecule has 0 amide bonds. The van der Waals surface area contributed by atoms with Crippen LogP contribution in [0, 0.1) is 0 Å². The summed E-state index contributed by atoms with van der Waals surface area (Å²) in [4.78, 5) is 3.92. The molecule has 112 valence electrons. The molecule has 0 radical (unpaired) electrons. The second-order valence-corrected chi connectivity index (χ2v) is 6.80. The molecule has 4 rings (SSSR count). The second-order valence-electron chi connectivity index (χ2n) is 4.22. The molecule has 4 aromatic rings. The van der Waals surface area contributed by atoms with Crippen LogP contribution in [0.25, 0.3) is 16.5 Å². The van der Waals surface area contributed by atoms with E-state index in [0.29, 0.717) is 0 Å². The Balaban J connectivity index is 0.000000184. The van der Waals surface area contributed by atoms with Crippen molar-refractivity contribution in [1.29, 1.82) is 0 Å². The number of benzene rings is 1. The third kappa shape index (κ3) is 5.11. The predicted molar refractivity (Wildman–Crippen MR) is 88.2 cm³/mol. The van der Waals surface area contributed by atoms with Crippen LogP contribution >= 0.6 is 18.6 Å². The topological polar surface area (TPSA) is 30.7 Å². The summed E-state index contributed by atoms with van der Waals surface area (Å²) >= 11 is -0.556. The SMILES string of the molecule is [Cl][Ti][Cl].c1cc[cH-]c1.c1ccc2[cH-]c(-n3cncn3)cc2c1. The maximum absolute atomic E-state index is 4.89. The molecule has 0 bridgehead atoms. The zero-order valence-electron chi connectivity index (χ0n) is 11.6. The fourth-order valence-electron chi connectivity index (χ4n) is 1.93. The summed E-state index contributed by atoms with van der Waals surface area (Å²) in [6.07, 6.45) is 3.24. The minimum Gasteiger partial charge on any atom is -0.240 e. The normalized spacial score (nSPS) is 9.36. The van der Waals surface area contributed by atoms with Crippen molar-refractivity contribution >= 4 is 29.4 Å². The molecule has 22 heavy (non-hydrogen) atoms. The van der Waals surface area contributed by atoms with E-state index in [1.807, 2.05) is 42.5 Å². The van der Waals surface area contributed by atoms with Crippen molar-refractivity contribution in [1.82, 2.24) is 14.8 Å². The third-order valence-corrected chi connectivity index (χ3v) is 2.84. The van der Waals surface area contributed by atoms with Crippen LogP contribution in [-0.2, 0) is 17.0 Å². The van der Waals surface area contributed by atoms with Gasteiger partial charge in [-0.3, -0.25) is 0 Å². The second kappa shape index (κ2) is 9.59. The zero-order valence-corrected chi connectivity index (χ0v) is 14.7. The Bertz CT molecular complexity index is 699. The Morgan fingerprint density at radius 3 is 2.32 bits per heavy atom.